The summed E-state index contributed by atoms with van der Waals surface area (Å²) in [6.07, 6.45) is -0.466. The molecule has 0 saturated carbocycles. The molecular weight excluding hydrogens is 410 g/mol. The number of benzene rings is 2. The molecule has 0 bridgehead atoms. The molecule has 8 heteroatoms. The van der Waals surface area contributed by atoms with E-state index in [0.717, 1.165) is 16.3 Å². The molecule has 0 unspecified atom stereocenters. The highest BCUT2D eigenvalue weighted by molar-refractivity contribution is 5.87. The molecule has 8 nitrogen and oxygen atoms in total. The van der Waals surface area contributed by atoms with Gasteiger partial charge in [0.2, 0.25) is 11.8 Å². The van der Waals surface area contributed by atoms with Crippen LogP contribution in [0.25, 0.3) is 10.8 Å². The Balaban J connectivity index is 2.16. The molecule has 0 spiro atoms. The van der Waals surface area contributed by atoms with Crippen LogP contribution in [0.2, 0.25) is 0 Å². The number of aliphatic hydroxyl groups excluding tert-OH is 1. The third kappa shape index (κ3) is 7.87. The number of hydrogen-bond acceptors (Lipinski definition) is 6. The number of likely N-dealkylation sites (N-methyl/N-ethyl adjacent to an activating group) is 1. The zero-order valence-electron chi connectivity index (χ0n) is 19.2. The Morgan fingerprint density at radius 2 is 1.75 bits per heavy atom. The number of aliphatic hydroxyl groups is 1. The summed E-state index contributed by atoms with van der Waals surface area (Å²) in [5.74, 6) is -0.538. The Hall–Kier alpha value is -2.52. The molecule has 32 heavy (non-hydrogen) atoms. The number of nitrogens with one attached hydrogen (secondary N) is 2. The van der Waals surface area contributed by atoms with Gasteiger partial charge in [-0.3, -0.25) is 9.59 Å². The summed E-state index contributed by atoms with van der Waals surface area (Å²) in [5.41, 5.74) is 1.00. The second kappa shape index (κ2) is 13.8. The molecule has 0 fully saturated rings. The average molecular weight is 446 g/mol. The van der Waals surface area contributed by atoms with Crippen molar-refractivity contribution in [3.8, 4) is 0 Å². The maximum Gasteiger partial charge on any atom is 0.242 e. The second-order valence-electron chi connectivity index (χ2n) is 7.40. The lowest BCUT2D eigenvalue weighted by atomic mass is 10.0. The van der Waals surface area contributed by atoms with Crippen LogP contribution >= 0.6 is 0 Å². The predicted octanol–water partition coefficient (Wildman–Crippen LogP) is 1.65. The molecule has 0 aliphatic heterocycles. The highest BCUT2D eigenvalue weighted by Gasteiger charge is 2.22. The number of ether oxygens (including phenoxy) is 2. The van der Waals surface area contributed by atoms with Crippen LogP contribution in [0.3, 0.4) is 0 Å². The van der Waals surface area contributed by atoms with Gasteiger partial charge in [-0.25, -0.2) is 0 Å². The standard InChI is InChI=1S/C24H35N3O5/c1-4-31-24(32-5-2)16-27(23(30)14-26-22(29)13-20(17-28)25-3)15-19-11-8-10-18-9-6-7-12-21(18)19/h6-12,20,24-25,28H,4-5,13-17H2,1-3H3,(H,26,29)/t20-/m0/s1. The van der Waals surface area contributed by atoms with Crippen molar-refractivity contribution in [2.75, 3.05) is 40.0 Å². The average Bonchev–Trinajstić information content (AvgIpc) is 2.81. The van der Waals surface area contributed by atoms with Gasteiger partial charge in [-0.15, -0.1) is 0 Å². The highest BCUT2D eigenvalue weighted by atomic mass is 16.7. The minimum Gasteiger partial charge on any atom is -0.395 e. The molecule has 0 aliphatic carbocycles. The Kier molecular flexibility index (Phi) is 11.1. The third-order valence-corrected chi connectivity index (χ3v) is 5.17. The molecule has 176 valence electrons. The molecule has 0 aromatic heterocycles. The maximum atomic E-state index is 13.1. The second-order valence-corrected chi connectivity index (χ2v) is 7.40. The number of nitrogens with zero attached hydrogens (tertiary/aromatic N) is 1. The lowest BCUT2D eigenvalue weighted by molar-refractivity contribution is -0.159. The fourth-order valence-corrected chi connectivity index (χ4v) is 3.44. The van der Waals surface area contributed by atoms with E-state index in [1.54, 1.807) is 11.9 Å². The van der Waals surface area contributed by atoms with Crippen molar-refractivity contribution in [1.29, 1.82) is 0 Å². The van der Waals surface area contributed by atoms with Crippen molar-refractivity contribution in [1.82, 2.24) is 15.5 Å². The van der Waals surface area contributed by atoms with Gasteiger partial charge in [0.15, 0.2) is 6.29 Å². The Labute approximate surface area is 189 Å². The zero-order valence-corrected chi connectivity index (χ0v) is 19.2. The normalized spacial score (nSPS) is 12.2. The van der Waals surface area contributed by atoms with E-state index in [0.29, 0.717) is 19.8 Å². The first-order valence-electron chi connectivity index (χ1n) is 11.0. The first kappa shape index (κ1) is 25.7. The SMILES string of the molecule is CCOC(CN(Cc1cccc2ccccc12)C(=O)CNC(=O)C[C@@H](CO)NC)OCC. The van der Waals surface area contributed by atoms with Crippen LogP contribution in [0.15, 0.2) is 42.5 Å². The van der Waals surface area contributed by atoms with E-state index in [2.05, 4.69) is 10.6 Å². The summed E-state index contributed by atoms with van der Waals surface area (Å²) in [4.78, 5) is 26.9. The van der Waals surface area contributed by atoms with E-state index in [4.69, 9.17) is 9.47 Å². The molecule has 2 rings (SSSR count). The molecule has 3 N–H and O–H groups in total. The first-order valence-corrected chi connectivity index (χ1v) is 11.0. The van der Waals surface area contributed by atoms with Crippen molar-refractivity contribution in [2.24, 2.45) is 0 Å². The number of rotatable bonds is 14. The van der Waals surface area contributed by atoms with Crippen LogP contribution in [0, 0.1) is 0 Å². The van der Waals surface area contributed by atoms with Crippen LogP contribution in [0.1, 0.15) is 25.8 Å². The van der Waals surface area contributed by atoms with Gasteiger partial charge in [-0.05, 0) is 37.2 Å². The maximum absolute atomic E-state index is 13.1. The number of carbonyl (C=O) groups is 2. The van der Waals surface area contributed by atoms with Gasteiger partial charge in [-0.2, -0.15) is 0 Å². The Morgan fingerprint density at radius 3 is 2.41 bits per heavy atom. The van der Waals surface area contributed by atoms with E-state index in [1.807, 2.05) is 56.3 Å². The summed E-state index contributed by atoms with van der Waals surface area (Å²) in [5, 5.41) is 16.9. The Bertz CT molecular complexity index is 845. The fourth-order valence-electron chi connectivity index (χ4n) is 3.44. The van der Waals surface area contributed by atoms with Gasteiger partial charge in [0.1, 0.15) is 0 Å². The largest absolute Gasteiger partial charge is 0.395 e. The van der Waals surface area contributed by atoms with E-state index in [-0.39, 0.29) is 44.0 Å². The van der Waals surface area contributed by atoms with E-state index < -0.39 is 6.29 Å². The molecule has 1 atom stereocenters. The molecule has 2 aromatic rings. The molecule has 2 aromatic carbocycles. The van der Waals surface area contributed by atoms with Crippen LogP contribution in [-0.4, -0.2) is 74.1 Å². The van der Waals surface area contributed by atoms with Crippen molar-refractivity contribution >= 4 is 22.6 Å². The van der Waals surface area contributed by atoms with Crippen molar-refractivity contribution in [2.45, 2.75) is 39.1 Å². The van der Waals surface area contributed by atoms with Crippen molar-refractivity contribution in [3.63, 3.8) is 0 Å². The van der Waals surface area contributed by atoms with Gasteiger partial charge in [0.05, 0.1) is 19.7 Å². The van der Waals surface area contributed by atoms with Crippen LogP contribution in [0.4, 0.5) is 0 Å². The van der Waals surface area contributed by atoms with Crippen LogP contribution in [0.5, 0.6) is 0 Å². The molecular formula is C24H35N3O5. The highest BCUT2D eigenvalue weighted by Crippen LogP contribution is 2.20. The summed E-state index contributed by atoms with van der Waals surface area (Å²) >= 11 is 0. The quantitative estimate of drug-likeness (QED) is 0.383. The fraction of sp³-hybridized carbons (Fsp3) is 0.500. The summed E-state index contributed by atoms with van der Waals surface area (Å²) in [6, 6.07) is 13.7. The topological polar surface area (TPSA) is 100 Å². The zero-order chi connectivity index (χ0) is 23.3. The van der Waals surface area contributed by atoms with Gasteiger partial charge in [-0.1, -0.05) is 42.5 Å². The molecule has 0 aliphatic rings. The van der Waals surface area contributed by atoms with Gasteiger partial charge >= 0.3 is 0 Å². The van der Waals surface area contributed by atoms with E-state index >= 15 is 0 Å². The molecule has 0 heterocycles. The van der Waals surface area contributed by atoms with E-state index in [1.165, 1.54) is 0 Å². The van der Waals surface area contributed by atoms with Gasteiger partial charge < -0.3 is 30.1 Å². The van der Waals surface area contributed by atoms with Gasteiger partial charge in [0, 0.05) is 32.2 Å². The minimum absolute atomic E-state index is 0.0874. The predicted molar refractivity (Wildman–Crippen MR) is 124 cm³/mol. The Morgan fingerprint density at radius 1 is 1.06 bits per heavy atom. The third-order valence-electron chi connectivity index (χ3n) is 5.17. The minimum atomic E-state index is -0.553. The van der Waals surface area contributed by atoms with Crippen molar-refractivity contribution < 1.29 is 24.2 Å². The van der Waals surface area contributed by atoms with Crippen LogP contribution < -0.4 is 10.6 Å². The van der Waals surface area contributed by atoms with Gasteiger partial charge in [0.25, 0.3) is 0 Å². The number of fused-ring (bicyclic) bond motifs is 1. The summed E-state index contributed by atoms with van der Waals surface area (Å²) < 4.78 is 11.3. The summed E-state index contributed by atoms with van der Waals surface area (Å²) in [7, 11) is 1.67. The molecule has 0 saturated heterocycles. The lowest BCUT2D eigenvalue weighted by Crippen LogP contribution is -2.45. The summed E-state index contributed by atoms with van der Waals surface area (Å²) in [6.45, 7) is 4.99. The lowest BCUT2D eigenvalue weighted by Gasteiger charge is -2.28. The first-order chi connectivity index (χ1) is 15.5. The van der Waals surface area contributed by atoms with E-state index in [9.17, 15) is 14.7 Å². The van der Waals surface area contributed by atoms with Crippen molar-refractivity contribution in [3.05, 3.63) is 48.0 Å². The molecule has 2 amide bonds. The monoisotopic (exact) mass is 445 g/mol. The number of carbonyl (C=O) groups excluding carboxylic acids is 2. The van der Waals surface area contributed by atoms with Crippen LogP contribution in [-0.2, 0) is 25.6 Å². The smallest absolute Gasteiger partial charge is 0.242 e. The molecule has 0 radical (unpaired) electrons. The number of hydrogen-bond donors (Lipinski definition) is 3. The number of amides is 2.